The number of carbonyl (C=O) groups is 1. The minimum atomic E-state index is -3.56. The molecule has 4 rings (SSSR count). The van der Waals surface area contributed by atoms with Crippen molar-refractivity contribution in [2.24, 2.45) is 0 Å². The van der Waals surface area contributed by atoms with Crippen molar-refractivity contribution < 1.29 is 17.6 Å². The molecule has 3 heterocycles. The van der Waals surface area contributed by atoms with Crippen molar-refractivity contribution >= 4 is 38.4 Å². The average molecular weight is 437 g/mol. The molecule has 0 saturated carbocycles. The predicted molar refractivity (Wildman–Crippen MR) is 109 cm³/mol. The predicted octanol–water partition coefficient (Wildman–Crippen LogP) is 4.01. The molecule has 0 radical (unpaired) electrons. The zero-order chi connectivity index (χ0) is 19.7. The molecular weight excluding hydrogens is 419 g/mol. The molecular formula is C19H17FN2O3S3. The monoisotopic (exact) mass is 436 g/mol. The van der Waals surface area contributed by atoms with E-state index in [1.54, 1.807) is 17.4 Å². The van der Waals surface area contributed by atoms with E-state index in [0.29, 0.717) is 5.01 Å². The first kappa shape index (κ1) is 19.2. The average Bonchev–Trinajstić information content (AvgIpc) is 3.33. The second-order valence-electron chi connectivity index (χ2n) is 6.47. The molecule has 3 aromatic rings. The van der Waals surface area contributed by atoms with Gasteiger partial charge in [0.1, 0.15) is 5.82 Å². The minimum Gasteiger partial charge on any atom is -0.336 e. The second kappa shape index (κ2) is 7.73. The van der Waals surface area contributed by atoms with Crippen molar-refractivity contribution in [3.8, 4) is 10.6 Å². The highest BCUT2D eigenvalue weighted by Crippen LogP contribution is 2.32. The van der Waals surface area contributed by atoms with Gasteiger partial charge in [0.25, 0.3) is 5.91 Å². The molecule has 0 N–H and O–H groups in total. The van der Waals surface area contributed by atoms with Crippen LogP contribution in [0, 0.1) is 5.82 Å². The second-order valence-corrected chi connectivity index (χ2v) is 10.6. The summed E-state index contributed by atoms with van der Waals surface area (Å²) in [6.45, 7) is 0.324. The number of nitrogens with zero attached hydrogens (tertiary/aromatic N) is 2. The molecule has 1 unspecified atom stereocenters. The van der Waals surface area contributed by atoms with Crippen LogP contribution in [-0.4, -0.2) is 43.1 Å². The number of hydrogen-bond acceptors (Lipinski definition) is 6. The molecule has 28 heavy (non-hydrogen) atoms. The Morgan fingerprint density at radius 1 is 1.14 bits per heavy atom. The van der Waals surface area contributed by atoms with Crippen molar-refractivity contribution in [3.63, 3.8) is 0 Å². The first-order valence-electron chi connectivity index (χ1n) is 8.70. The summed E-state index contributed by atoms with van der Waals surface area (Å²) in [5, 5.41) is 3.17. The smallest absolute Gasteiger partial charge is 0.282 e. The van der Waals surface area contributed by atoms with E-state index < -0.39 is 20.9 Å². The lowest BCUT2D eigenvalue weighted by Gasteiger charge is -2.18. The highest BCUT2D eigenvalue weighted by molar-refractivity contribution is 7.91. The number of aromatic nitrogens is 1. The maximum atomic E-state index is 14.2. The molecule has 2 aromatic heterocycles. The summed E-state index contributed by atoms with van der Waals surface area (Å²) in [7, 11) is -3.56. The highest BCUT2D eigenvalue weighted by atomic mass is 32.2. The summed E-state index contributed by atoms with van der Waals surface area (Å²) in [5.74, 6) is -1.01. The summed E-state index contributed by atoms with van der Waals surface area (Å²) >= 11 is 2.79. The van der Waals surface area contributed by atoms with Crippen LogP contribution in [0.15, 0.2) is 47.2 Å². The molecule has 1 aromatic carbocycles. The fourth-order valence-corrected chi connectivity index (χ4v) is 6.62. The van der Waals surface area contributed by atoms with Gasteiger partial charge in [0.15, 0.2) is 14.8 Å². The molecule has 1 saturated heterocycles. The van der Waals surface area contributed by atoms with Crippen molar-refractivity contribution in [1.29, 1.82) is 0 Å². The molecule has 146 valence electrons. The Hall–Kier alpha value is -2.10. The molecule has 1 fully saturated rings. The van der Waals surface area contributed by atoms with Crippen molar-refractivity contribution in [2.45, 2.75) is 11.7 Å². The van der Waals surface area contributed by atoms with Gasteiger partial charge in [-0.15, -0.1) is 22.7 Å². The van der Waals surface area contributed by atoms with Gasteiger partial charge in [-0.05, 0) is 23.9 Å². The number of hydrogen-bond donors (Lipinski definition) is 0. The third-order valence-electron chi connectivity index (χ3n) is 4.74. The van der Waals surface area contributed by atoms with Crippen molar-refractivity contribution in [1.82, 2.24) is 9.88 Å². The summed E-state index contributed by atoms with van der Waals surface area (Å²) in [4.78, 5) is 19.8. The number of halogens is 1. The Kier molecular flexibility index (Phi) is 5.31. The number of thiazole rings is 1. The Labute approximate surface area is 170 Å². The molecule has 9 heteroatoms. The number of amides is 1. The van der Waals surface area contributed by atoms with Gasteiger partial charge >= 0.3 is 0 Å². The van der Waals surface area contributed by atoms with Crippen LogP contribution in [0.25, 0.3) is 10.6 Å². The zero-order valence-electron chi connectivity index (χ0n) is 14.7. The lowest BCUT2D eigenvalue weighted by molar-refractivity contribution is 0.0766. The first-order valence-corrected chi connectivity index (χ1v) is 12.2. The molecule has 1 atom stereocenters. The Balaban J connectivity index is 1.55. The summed E-state index contributed by atoms with van der Waals surface area (Å²) < 4.78 is 39.6. The Bertz CT molecular complexity index is 1090. The lowest BCUT2D eigenvalue weighted by Crippen LogP contribution is -2.33. The normalized spacial score (nSPS) is 19.3. The van der Waals surface area contributed by atoms with Gasteiger partial charge in [0, 0.05) is 24.0 Å². The van der Waals surface area contributed by atoms with Gasteiger partial charge in [-0.25, -0.2) is 17.8 Å². The number of sulfone groups is 1. The lowest BCUT2D eigenvalue weighted by atomic mass is 10.1. The molecule has 5 nitrogen and oxygen atoms in total. The molecule has 1 aliphatic rings. The van der Waals surface area contributed by atoms with Gasteiger partial charge in [-0.2, -0.15) is 0 Å². The van der Waals surface area contributed by atoms with Crippen molar-refractivity contribution in [3.05, 3.63) is 63.5 Å². The SMILES string of the molecule is O=C(c1nc(-c2cccs2)cs1)N1CCC(c2ccccc2F)S(=O)(=O)CC1. The van der Waals surface area contributed by atoms with Crippen molar-refractivity contribution in [2.75, 3.05) is 18.8 Å². The summed E-state index contributed by atoms with van der Waals surface area (Å²) in [6.07, 6.45) is 0.165. The van der Waals surface area contributed by atoms with E-state index >= 15 is 0 Å². The third-order valence-corrected chi connectivity index (χ3v) is 8.57. The van der Waals surface area contributed by atoms with Gasteiger partial charge < -0.3 is 4.90 Å². The Morgan fingerprint density at radius 3 is 2.71 bits per heavy atom. The van der Waals surface area contributed by atoms with E-state index in [4.69, 9.17) is 0 Å². The number of benzene rings is 1. The van der Waals surface area contributed by atoms with Crippen LogP contribution in [-0.2, 0) is 9.84 Å². The van der Waals surface area contributed by atoms with Gasteiger partial charge in [-0.1, -0.05) is 24.3 Å². The largest absolute Gasteiger partial charge is 0.336 e. The van der Waals surface area contributed by atoms with Crippen LogP contribution in [0.3, 0.4) is 0 Å². The minimum absolute atomic E-state index is 0.0834. The highest BCUT2D eigenvalue weighted by Gasteiger charge is 2.34. The number of thiophene rings is 1. The molecule has 1 amide bonds. The van der Waals surface area contributed by atoms with Crippen LogP contribution in [0.2, 0.25) is 0 Å². The number of rotatable bonds is 3. The van der Waals surface area contributed by atoms with E-state index in [1.807, 2.05) is 22.9 Å². The van der Waals surface area contributed by atoms with E-state index in [1.165, 1.54) is 34.4 Å². The maximum Gasteiger partial charge on any atom is 0.282 e. The quantitative estimate of drug-likeness (QED) is 0.622. The van der Waals surface area contributed by atoms with Crippen LogP contribution in [0.4, 0.5) is 4.39 Å². The first-order chi connectivity index (χ1) is 13.5. The molecule has 0 spiro atoms. The van der Waals surface area contributed by atoms with E-state index in [-0.39, 0.29) is 36.7 Å². The van der Waals surface area contributed by atoms with Crippen LogP contribution in [0.1, 0.15) is 27.0 Å². The number of carbonyl (C=O) groups excluding carboxylic acids is 1. The maximum absolute atomic E-state index is 14.2. The fourth-order valence-electron chi connectivity index (χ4n) is 3.28. The van der Waals surface area contributed by atoms with Gasteiger partial charge in [0.05, 0.1) is 21.6 Å². The van der Waals surface area contributed by atoms with E-state index in [9.17, 15) is 17.6 Å². The fraction of sp³-hybridized carbons (Fsp3) is 0.263. The van der Waals surface area contributed by atoms with Gasteiger partial charge in [0.2, 0.25) is 0 Å². The third kappa shape index (κ3) is 3.74. The van der Waals surface area contributed by atoms with Crippen LogP contribution < -0.4 is 0 Å². The van der Waals surface area contributed by atoms with Crippen LogP contribution >= 0.6 is 22.7 Å². The summed E-state index contributed by atoms with van der Waals surface area (Å²) in [5.41, 5.74) is 0.918. The molecule has 1 aliphatic heterocycles. The standard InChI is InChI=1S/C19H17FN2O3S3/c20-14-5-2-1-4-13(14)17-7-8-22(9-11-28(17,24)25)19(23)18-21-15(12-27-18)16-6-3-10-26-16/h1-6,10,12,17H,7-9,11H2. The molecule has 0 bridgehead atoms. The van der Waals surface area contributed by atoms with Gasteiger partial charge in [-0.3, -0.25) is 4.79 Å². The topological polar surface area (TPSA) is 67.3 Å². The Morgan fingerprint density at radius 2 is 1.96 bits per heavy atom. The van der Waals surface area contributed by atoms with Crippen LogP contribution in [0.5, 0.6) is 0 Å². The van der Waals surface area contributed by atoms with E-state index in [2.05, 4.69) is 4.98 Å². The molecule has 0 aliphatic carbocycles. The van der Waals surface area contributed by atoms with E-state index in [0.717, 1.165) is 10.6 Å². The summed E-state index contributed by atoms with van der Waals surface area (Å²) in [6, 6.07) is 9.79. The zero-order valence-corrected chi connectivity index (χ0v) is 17.2.